The van der Waals surface area contributed by atoms with E-state index in [9.17, 15) is 5.11 Å². The molecule has 8 nitrogen and oxygen atoms in total. The van der Waals surface area contributed by atoms with Crippen molar-refractivity contribution >= 4 is 23.1 Å². The van der Waals surface area contributed by atoms with Gasteiger partial charge in [0.1, 0.15) is 6.33 Å². The standard InChI is InChI=1S/C19H16N6O2/c1-27-17-8-7-13(9-16(17)26)10-22-24-18-15-11-23-25(19(15)21-12-20-18)14-5-3-2-4-6-14/h2-12,26H,1H3,(H,20,21,24). The number of rotatable bonds is 5. The summed E-state index contributed by atoms with van der Waals surface area (Å²) >= 11 is 0. The second-order valence-electron chi connectivity index (χ2n) is 5.65. The molecule has 0 spiro atoms. The number of para-hydroxylation sites is 1. The van der Waals surface area contributed by atoms with Gasteiger partial charge in [0.15, 0.2) is 23.0 Å². The molecule has 8 heteroatoms. The first kappa shape index (κ1) is 16.5. The molecule has 0 unspecified atom stereocenters. The van der Waals surface area contributed by atoms with E-state index in [1.54, 1.807) is 35.3 Å². The van der Waals surface area contributed by atoms with E-state index in [0.29, 0.717) is 22.8 Å². The molecule has 4 aromatic rings. The predicted octanol–water partition coefficient (Wildman–Crippen LogP) is 2.98. The molecule has 0 atom stereocenters. The van der Waals surface area contributed by atoms with E-state index in [0.717, 1.165) is 11.1 Å². The second-order valence-corrected chi connectivity index (χ2v) is 5.65. The van der Waals surface area contributed by atoms with Crippen LogP contribution in [0.25, 0.3) is 16.7 Å². The van der Waals surface area contributed by atoms with Crippen LogP contribution in [0.1, 0.15) is 5.56 Å². The van der Waals surface area contributed by atoms with E-state index >= 15 is 0 Å². The Hall–Kier alpha value is -3.94. The maximum atomic E-state index is 9.82. The van der Waals surface area contributed by atoms with E-state index in [1.807, 2.05) is 30.3 Å². The number of benzene rings is 2. The largest absolute Gasteiger partial charge is 0.504 e. The van der Waals surface area contributed by atoms with E-state index in [-0.39, 0.29) is 5.75 Å². The van der Waals surface area contributed by atoms with Gasteiger partial charge in [0.05, 0.1) is 30.6 Å². The van der Waals surface area contributed by atoms with Crippen molar-refractivity contribution in [2.24, 2.45) is 5.10 Å². The third-order valence-corrected chi connectivity index (χ3v) is 3.95. The Morgan fingerprint density at radius 1 is 1.15 bits per heavy atom. The number of hydrogen-bond donors (Lipinski definition) is 2. The van der Waals surface area contributed by atoms with E-state index in [1.165, 1.54) is 13.4 Å². The summed E-state index contributed by atoms with van der Waals surface area (Å²) in [5.74, 6) is 0.997. The number of nitrogens with one attached hydrogen (secondary N) is 1. The summed E-state index contributed by atoms with van der Waals surface area (Å²) in [5, 5.41) is 19.2. The van der Waals surface area contributed by atoms with Gasteiger partial charge in [-0.15, -0.1) is 0 Å². The molecule has 0 saturated carbocycles. The minimum atomic E-state index is 0.0509. The SMILES string of the molecule is COc1ccc(C=NNc2ncnc3c2cnn3-c2ccccc2)cc1O. The topological polar surface area (TPSA) is 97.5 Å². The molecule has 134 valence electrons. The first-order valence-corrected chi connectivity index (χ1v) is 8.16. The second kappa shape index (κ2) is 7.12. The lowest BCUT2D eigenvalue weighted by Crippen LogP contribution is -1.99. The summed E-state index contributed by atoms with van der Waals surface area (Å²) in [7, 11) is 1.50. The molecule has 0 aliphatic heterocycles. The third kappa shape index (κ3) is 3.28. The van der Waals surface area contributed by atoms with Gasteiger partial charge in [-0.2, -0.15) is 10.2 Å². The summed E-state index contributed by atoms with van der Waals surface area (Å²) in [4.78, 5) is 8.56. The lowest BCUT2D eigenvalue weighted by Gasteiger charge is -2.04. The Morgan fingerprint density at radius 3 is 2.78 bits per heavy atom. The summed E-state index contributed by atoms with van der Waals surface area (Å²) in [6, 6.07) is 14.8. The number of nitrogens with zero attached hydrogens (tertiary/aromatic N) is 5. The first-order chi connectivity index (χ1) is 13.3. The number of hydrogen-bond acceptors (Lipinski definition) is 7. The summed E-state index contributed by atoms with van der Waals surface area (Å²) in [6.07, 6.45) is 4.73. The minimum Gasteiger partial charge on any atom is -0.504 e. The van der Waals surface area contributed by atoms with Gasteiger partial charge in [-0.05, 0) is 35.9 Å². The zero-order chi connectivity index (χ0) is 18.6. The molecule has 0 aliphatic rings. The molecule has 2 aromatic carbocycles. The monoisotopic (exact) mass is 360 g/mol. The molecule has 2 aromatic heterocycles. The smallest absolute Gasteiger partial charge is 0.168 e. The Labute approximate surface area is 154 Å². The number of hydrazone groups is 1. The van der Waals surface area contributed by atoms with Crippen molar-refractivity contribution in [1.29, 1.82) is 0 Å². The van der Waals surface area contributed by atoms with Crippen LogP contribution in [-0.4, -0.2) is 38.2 Å². The van der Waals surface area contributed by atoms with Crippen molar-refractivity contribution in [3.63, 3.8) is 0 Å². The van der Waals surface area contributed by atoms with E-state index in [4.69, 9.17) is 4.74 Å². The van der Waals surface area contributed by atoms with Crippen LogP contribution in [0, 0.1) is 0 Å². The molecule has 0 saturated heterocycles. The number of methoxy groups -OCH3 is 1. The number of fused-ring (bicyclic) bond motifs is 1. The maximum Gasteiger partial charge on any atom is 0.168 e. The van der Waals surface area contributed by atoms with Gasteiger partial charge in [-0.25, -0.2) is 14.6 Å². The number of aromatic hydroxyl groups is 1. The molecule has 2 heterocycles. The zero-order valence-electron chi connectivity index (χ0n) is 14.4. The van der Waals surface area contributed by atoms with E-state index in [2.05, 4.69) is 25.6 Å². The van der Waals surface area contributed by atoms with Crippen LogP contribution in [0.2, 0.25) is 0 Å². The average molecular weight is 360 g/mol. The minimum absolute atomic E-state index is 0.0509. The van der Waals surface area contributed by atoms with Gasteiger partial charge in [-0.1, -0.05) is 18.2 Å². The Bertz CT molecular complexity index is 1110. The number of ether oxygens (including phenoxy) is 1. The lowest BCUT2D eigenvalue weighted by molar-refractivity contribution is 0.373. The number of phenolic OH excluding ortho intramolecular Hbond substituents is 1. The molecule has 0 radical (unpaired) electrons. The average Bonchev–Trinajstić information content (AvgIpc) is 3.14. The van der Waals surface area contributed by atoms with Crippen LogP contribution >= 0.6 is 0 Å². The van der Waals surface area contributed by atoms with Crippen LogP contribution in [0.5, 0.6) is 11.5 Å². The Morgan fingerprint density at radius 2 is 2.00 bits per heavy atom. The Balaban J connectivity index is 1.60. The molecule has 27 heavy (non-hydrogen) atoms. The molecule has 0 aliphatic carbocycles. The Kier molecular flexibility index (Phi) is 4.36. The number of anilines is 1. The van der Waals surface area contributed by atoms with Crippen LogP contribution in [0.15, 0.2) is 66.2 Å². The van der Waals surface area contributed by atoms with Crippen molar-refractivity contribution in [3.05, 3.63) is 66.6 Å². The fraction of sp³-hybridized carbons (Fsp3) is 0.0526. The van der Waals surface area contributed by atoms with Crippen molar-refractivity contribution in [2.75, 3.05) is 12.5 Å². The highest BCUT2D eigenvalue weighted by Crippen LogP contribution is 2.25. The summed E-state index contributed by atoms with van der Waals surface area (Å²) in [6.45, 7) is 0. The molecule has 0 fully saturated rings. The lowest BCUT2D eigenvalue weighted by atomic mass is 10.2. The third-order valence-electron chi connectivity index (χ3n) is 3.95. The molecular formula is C19H16N6O2. The van der Waals surface area contributed by atoms with Crippen LogP contribution in [0.4, 0.5) is 5.82 Å². The van der Waals surface area contributed by atoms with Gasteiger partial charge < -0.3 is 9.84 Å². The number of phenols is 1. The molecule has 4 rings (SSSR count). The van der Waals surface area contributed by atoms with Crippen LogP contribution in [0.3, 0.4) is 0 Å². The molecule has 2 N–H and O–H groups in total. The fourth-order valence-corrected chi connectivity index (χ4v) is 2.65. The van der Waals surface area contributed by atoms with Gasteiger partial charge in [-0.3, -0.25) is 5.43 Å². The highest BCUT2D eigenvalue weighted by Gasteiger charge is 2.10. The van der Waals surface area contributed by atoms with Gasteiger partial charge in [0.25, 0.3) is 0 Å². The molecular weight excluding hydrogens is 344 g/mol. The first-order valence-electron chi connectivity index (χ1n) is 8.16. The van der Waals surface area contributed by atoms with Gasteiger partial charge >= 0.3 is 0 Å². The summed E-state index contributed by atoms with van der Waals surface area (Å²) < 4.78 is 6.77. The quantitative estimate of drug-likeness (QED) is 0.419. The highest BCUT2D eigenvalue weighted by molar-refractivity contribution is 5.88. The van der Waals surface area contributed by atoms with Crippen molar-refractivity contribution in [1.82, 2.24) is 19.7 Å². The van der Waals surface area contributed by atoms with Crippen LogP contribution < -0.4 is 10.2 Å². The summed E-state index contributed by atoms with van der Waals surface area (Å²) in [5.41, 5.74) is 5.20. The van der Waals surface area contributed by atoms with Gasteiger partial charge in [0, 0.05) is 0 Å². The predicted molar refractivity (Wildman–Crippen MR) is 103 cm³/mol. The normalized spacial score (nSPS) is 11.1. The van der Waals surface area contributed by atoms with Crippen molar-refractivity contribution in [2.45, 2.75) is 0 Å². The fourth-order valence-electron chi connectivity index (χ4n) is 2.65. The highest BCUT2D eigenvalue weighted by atomic mass is 16.5. The molecule has 0 bridgehead atoms. The van der Waals surface area contributed by atoms with E-state index < -0.39 is 0 Å². The van der Waals surface area contributed by atoms with Crippen LogP contribution in [-0.2, 0) is 0 Å². The zero-order valence-corrected chi connectivity index (χ0v) is 14.4. The number of aromatic nitrogens is 4. The van der Waals surface area contributed by atoms with Crippen molar-refractivity contribution < 1.29 is 9.84 Å². The van der Waals surface area contributed by atoms with Crippen molar-refractivity contribution in [3.8, 4) is 17.2 Å². The van der Waals surface area contributed by atoms with Gasteiger partial charge in [0.2, 0.25) is 0 Å². The molecule has 0 amide bonds. The maximum absolute atomic E-state index is 9.82.